The fourth-order valence-electron chi connectivity index (χ4n) is 3.56. The third-order valence-corrected chi connectivity index (χ3v) is 5.12. The zero-order valence-electron chi connectivity index (χ0n) is 16.9. The van der Waals surface area contributed by atoms with Crippen molar-refractivity contribution in [1.29, 1.82) is 0 Å². The first-order chi connectivity index (χ1) is 14.5. The molecule has 0 radical (unpaired) electrons. The molecule has 7 heteroatoms. The number of carbonyl (C=O) groups is 2. The van der Waals surface area contributed by atoms with Gasteiger partial charge in [0.15, 0.2) is 5.76 Å². The van der Waals surface area contributed by atoms with E-state index in [1.165, 1.54) is 0 Å². The second kappa shape index (κ2) is 8.32. The second-order valence-electron chi connectivity index (χ2n) is 7.19. The van der Waals surface area contributed by atoms with Crippen LogP contribution in [0.3, 0.4) is 0 Å². The topological polar surface area (TPSA) is 96.6 Å². The van der Waals surface area contributed by atoms with Crippen molar-refractivity contribution >= 4 is 23.2 Å². The number of hydrazone groups is 1. The maximum absolute atomic E-state index is 12.8. The summed E-state index contributed by atoms with van der Waals surface area (Å²) in [6.07, 6.45) is 3.80. The highest BCUT2D eigenvalue weighted by Gasteiger charge is 2.28. The van der Waals surface area contributed by atoms with Crippen LogP contribution in [0.1, 0.15) is 56.3 Å². The summed E-state index contributed by atoms with van der Waals surface area (Å²) >= 11 is 0. The van der Waals surface area contributed by atoms with Gasteiger partial charge in [-0.1, -0.05) is 24.3 Å². The quantitative estimate of drug-likeness (QED) is 0.644. The van der Waals surface area contributed by atoms with Crippen molar-refractivity contribution in [3.8, 4) is 0 Å². The van der Waals surface area contributed by atoms with E-state index < -0.39 is 0 Å². The van der Waals surface area contributed by atoms with Gasteiger partial charge in [-0.2, -0.15) is 5.10 Å². The van der Waals surface area contributed by atoms with Gasteiger partial charge in [-0.05, 0) is 50.5 Å². The number of nitrogens with one attached hydrogen (secondary N) is 2. The Kier molecular flexibility index (Phi) is 5.43. The van der Waals surface area contributed by atoms with Gasteiger partial charge in [0.05, 0.1) is 5.71 Å². The standard InChI is InChI=1S/C23H22N4O3/c1-14-8-3-4-9-16(14)25-23(29)21-15(2)20-17(11-7-12-19(20)30-21)26-27-22(28)18-10-5-6-13-24-18/h3-6,8-10,13H,7,11-12H2,1-2H3,(H,25,29)(H,27,28)/b26-17+. The molecule has 1 aliphatic carbocycles. The Bertz CT molecular complexity index is 1130. The molecular weight excluding hydrogens is 380 g/mol. The molecule has 7 nitrogen and oxygen atoms in total. The van der Waals surface area contributed by atoms with Crippen molar-refractivity contribution in [2.24, 2.45) is 5.10 Å². The Labute approximate surface area is 174 Å². The first kappa shape index (κ1) is 19.6. The van der Waals surface area contributed by atoms with Crippen molar-refractivity contribution in [2.45, 2.75) is 33.1 Å². The lowest BCUT2D eigenvalue weighted by Crippen LogP contribution is -2.22. The summed E-state index contributed by atoms with van der Waals surface area (Å²) in [5.74, 6) is 0.315. The maximum atomic E-state index is 12.8. The van der Waals surface area contributed by atoms with E-state index in [1.807, 2.05) is 38.1 Å². The number of hydrogen-bond donors (Lipinski definition) is 2. The molecule has 0 spiro atoms. The minimum atomic E-state index is -0.381. The molecule has 1 aliphatic rings. The predicted octanol–water partition coefficient (Wildman–Crippen LogP) is 4.01. The number of amides is 2. The minimum Gasteiger partial charge on any atom is -0.455 e. The van der Waals surface area contributed by atoms with Gasteiger partial charge in [0.25, 0.3) is 11.8 Å². The van der Waals surface area contributed by atoms with Gasteiger partial charge in [-0.25, -0.2) is 5.43 Å². The van der Waals surface area contributed by atoms with Crippen molar-refractivity contribution < 1.29 is 14.0 Å². The summed E-state index contributed by atoms with van der Waals surface area (Å²) in [5.41, 5.74) is 6.81. The van der Waals surface area contributed by atoms with Crippen molar-refractivity contribution in [2.75, 3.05) is 5.32 Å². The molecule has 30 heavy (non-hydrogen) atoms. The number of pyridine rings is 1. The van der Waals surface area contributed by atoms with E-state index >= 15 is 0 Å². The van der Waals surface area contributed by atoms with Crippen LogP contribution in [-0.2, 0) is 6.42 Å². The Hall–Kier alpha value is -3.74. The highest BCUT2D eigenvalue weighted by atomic mass is 16.4. The SMILES string of the molecule is Cc1ccccc1NC(=O)c1oc2c(c1C)/C(=N/NC(=O)c1ccccn1)CCC2. The van der Waals surface area contributed by atoms with Gasteiger partial charge in [0.1, 0.15) is 11.5 Å². The lowest BCUT2D eigenvalue weighted by Gasteiger charge is -2.13. The zero-order valence-corrected chi connectivity index (χ0v) is 16.9. The molecule has 2 amide bonds. The van der Waals surface area contributed by atoms with Gasteiger partial charge in [0.2, 0.25) is 0 Å². The first-order valence-electron chi connectivity index (χ1n) is 9.82. The number of anilines is 1. The van der Waals surface area contributed by atoms with Gasteiger partial charge in [-0.3, -0.25) is 14.6 Å². The molecular formula is C23H22N4O3. The molecule has 2 heterocycles. The number of fused-ring (bicyclic) bond motifs is 1. The van der Waals surface area contributed by atoms with Gasteiger partial charge in [0, 0.05) is 29.4 Å². The van der Waals surface area contributed by atoms with Crippen molar-refractivity contribution in [3.05, 3.63) is 82.6 Å². The van der Waals surface area contributed by atoms with Gasteiger partial charge >= 0.3 is 0 Å². The highest BCUT2D eigenvalue weighted by Crippen LogP contribution is 2.30. The average Bonchev–Trinajstić information content (AvgIpc) is 3.11. The summed E-state index contributed by atoms with van der Waals surface area (Å²) in [5, 5.41) is 7.23. The third-order valence-electron chi connectivity index (χ3n) is 5.12. The largest absolute Gasteiger partial charge is 0.455 e. The van der Waals surface area contributed by atoms with Crippen molar-refractivity contribution in [1.82, 2.24) is 10.4 Å². The number of aromatic nitrogens is 1. The Morgan fingerprint density at radius 3 is 2.60 bits per heavy atom. The van der Waals surface area contributed by atoms with Crippen LogP contribution in [0.5, 0.6) is 0 Å². The third kappa shape index (κ3) is 3.87. The smallest absolute Gasteiger partial charge is 0.291 e. The van der Waals surface area contributed by atoms with Gasteiger partial charge in [-0.15, -0.1) is 0 Å². The summed E-state index contributed by atoms with van der Waals surface area (Å²) < 4.78 is 5.91. The molecule has 2 aromatic heterocycles. The number of rotatable bonds is 4. The molecule has 4 rings (SSSR count). The van der Waals surface area contributed by atoms with Crippen LogP contribution in [0, 0.1) is 13.8 Å². The van der Waals surface area contributed by atoms with Gasteiger partial charge < -0.3 is 9.73 Å². The van der Waals surface area contributed by atoms with Crippen LogP contribution in [0.2, 0.25) is 0 Å². The van der Waals surface area contributed by atoms with E-state index in [2.05, 4.69) is 20.8 Å². The Balaban J connectivity index is 1.58. The van der Waals surface area contributed by atoms with E-state index in [4.69, 9.17) is 4.42 Å². The number of furan rings is 1. The van der Waals surface area contributed by atoms with Crippen LogP contribution in [-0.4, -0.2) is 22.5 Å². The van der Waals surface area contributed by atoms with Crippen LogP contribution in [0.15, 0.2) is 58.2 Å². The lowest BCUT2D eigenvalue weighted by molar-refractivity contribution is 0.0948. The zero-order chi connectivity index (χ0) is 21.1. The van der Waals surface area contributed by atoms with E-state index in [9.17, 15) is 9.59 Å². The van der Waals surface area contributed by atoms with E-state index in [0.29, 0.717) is 17.8 Å². The molecule has 152 valence electrons. The molecule has 0 saturated carbocycles. The molecule has 0 bridgehead atoms. The van der Waals surface area contributed by atoms with E-state index in [1.54, 1.807) is 24.4 Å². The highest BCUT2D eigenvalue weighted by molar-refractivity contribution is 6.09. The molecule has 0 saturated heterocycles. The molecule has 0 atom stereocenters. The molecule has 0 aliphatic heterocycles. The van der Waals surface area contributed by atoms with Crippen LogP contribution in [0.4, 0.5) is 5.69 Å². The van der Waals surface area contributed by atoms with Crippen LogP contribution < -0.4 is 10.7 Å². The number of nitrogens with zero attached hydrogens (tertiary/aromatic N) is 2. The summed E-state index contributed by atoms with van der Waals surface area (Å²) in [4.78, 5) is 29.1. The maximum Gasteiger partial charge on any atom is 0.291 e. The van der Waals surface area contributed by atoms with E-state index in [0.717, 1.165) is 41.0 Å². The second-order valence-corrected chi connectivity index (χ2v) is 7.19. The normalized spacial score (nSPS) is 14.3. The summed E-state index contributed by atoms with van der Waals surface area (Å²) in [6, 6.07) is 12.7. The monoisotopic (exact) mass is 402 g/mol. The molecule has 2 N–H and O–H groups in total. The van der Waals surface area contributed by atoms with Crippen molar-refractivity contribution in [3.63, 3.8) is 0 Å². The molecule has 0 unspecified atom stereocenters. The number of benzene rings is 1. The molecule has 0 fully saturated rings. The Morgan fingerprint density at radius 2 is 1.83 bits per heavy atom. The summed E-state index contributed by atoms with van der Waals surface area (Å²) in [7, 11) is 0. The Morgan fingerprint density at radius 1 is 1.03 bits per heavy atom. The van der Waals surface area contributed by atoms with Crippen LogP contribution >= 0.6 is 0 Å². The lowest BCUT2D eigenvalue weighted by atomic mass is 9.93. The molecule has 3 aromatic rings. The average molecular weight is 402 g/mol. The fraction of sp³-hybridized carbons (Fsp3) is 0.217. The number of hydrogen-bond acceptors (Lipinski definition) is 5. The minimum absolute atomic E-state index is 0.272. The fourth-order valence-corrected chi connectivity index (χ4v) is 3.56. The first-order valence-corrected chi connectivity index (χ1v) is 9.82. The number of para-hydroxylation sites is 1. The van der Waals surface area contributed by atoms with E-state index in [-0.39, 0.29) is 17.6 Å². The van der Waals surface area contributed by atoms with Crippen LogP contribution in [0.25, 0.3) is 0 Å². The summed E-state index contributed by atoms with van der Waals surface area (Å²) in [6.45, 7) is 3.78. The predicted molar refractivity (Wildman–Crippen MR) is 114 cm³/mol. The molecule has 1 aromatic carbocycles. The number of carbonyl (C=O) groups excluding carboxylic acids is 2. The number of aryl methyl sites for hydroxylation is 2.